The second-order valence-electron chi connectivity index (χ2n) is 16.4. The largest absolute Gasteiger partial charge is 0.459 e. The molecule has 3 aliphatic heterocycles. The lowest BCUT2D eigenvalue weighted by molar-refractivity contribution is -0.316. The first kappa shape index (κ1) is 43.9. The molecule has 15 heteroatoms. The van der Waals surface area contributed by atoms with E-state index in [0.29, 0.717) is 6.42 Å². The first-order valence-corrected chi connectivity index (χ1v) is 18.3. The molecule has 0 radical (unpaired) electrons. The number of cyclic esters (lactones) is 1. The molecule has 0 aromatic carbocycles. The van der Waals surface area contributed by atoms with Crippen LogP contribution in [0.5, 0.6) is 0 Å². The molecule has 18 atom stereocenters. The number of carbonyl (C=O) groups is 1. The highest BCUT2D eigenvalue weighted by Gasteiger charge is 2.53. The Morgan fingerprint density at radius 2 is 1.49 bits per heavy atom. The van der Waals surface area contributed by atoms with Crippen molar-refractivity contribution < 1.29 is 64.3 Å². The van der Waals surface area contributed by atoms with Gasteiger partial charge in [-0.25, -0.2) is 0 Å². The van der Waals surface area contributed by atoms with Gasteiger partial charge >= 0.3 is 5.97 Å². The normalized spacial score (nSPS) is 50.5. The Labute approximate surface area is 302 Å². The van der Waals surface area contributed by atoms with E-state index in [4.69, 9.17) is 23.7 Å². The number of hydrogen-bond acceptors (Lipinski definition) is 15. The Bertz CT molecular complexity index is 1180. The molecule has 3 heterocycles. The molecule has 0 aromatic heterocycles. The molecule has 298 valence electrons. The maximum Gasteiger partial charge on any atom is 0.311 e. The van der Waals surface area contributed by atoms with Crippen molar-refractivity contribution in [3.63, 3.8) is 0 Å². The second-order valence-corrected chi connectivity index (χ2v) is 16.4. The van der Waals surface area contributed by atoms with Gasteiger partial charge in [0.2, 0.25) is 0 Å². The number of carbonyl (C=O) groups excluding carboxylic acids is 1. The monoisotopic (exact) mass is 734 g/mol. The van der Waals surface area contributed by atoms with Crippen LogP contribution in [0.1, 0.15) is 94.9 Å². The molecule has 15 nitrogen and oxygen atoms in total. The molecular weight excluding hydrogens is 668 g/mol. The maximum atomic E-state index is 14.1. The predicted octanol–water partition coefficient (Wildman–Crippen LogP) is 1.39. The molecular formula is C36H66N2O13. The van der Waals surface area contributed by atoms with E-state index in [2.05, 4.69) is 5.16 Å². The molecule has 0 aliphatic carbocycles. The number of esters is 1. The number of ether oxygens (including phenoxy) is 5. The summed E-state index contributed by atoms with van der Waals surface area (Å²) in [6, 6.07) is -0.336. The molecule has 0 amide bonds. The van der Waals surface area contributed by atoms with Crippen LogP contribution in [0.25, 0.3) is 0 Å². The summed E-state index contributed by atoms with van der Waals surface area (Å²) in [5, 5.41) is 82.3. The standard InChI is InChI=1S/C36H66N2O13/c1-13-24-36(10,45)29(40)19(4)26(37-46)17(2)15-35(9,44)31(51-33-27(39)23(38(11)12)14-18(3)47-33)20(5)28(21(6)32(42)49-24)50-25-16-34(8,43)30(41)22(7)48-25/h17-25,27-31,33,39-41,43-46H,13-16H2,1-12H3/b37-26+/t17-,18?,19+,20+,21-,22?,23-,24-,25+,27?,28+,29-,30+,31-,33+,34+,35-,36-/m1/s1. The third-order valence-electron chi connectivity index (χ3n) is 11.5. The van der Waals surface area contributed by atoms with Crippen LogP contribution in [-0.4, -0.2) is 151 Å². The summed E-state index contributed by atoms with van der Waals surface area (Å²) < 4.78 is 31.1. The van der Waals surface area contributed by atoms with Gasteiger partial charge in [-0.1, -0.05) is 32.9 Å². The van der Waals surface area contributed by atoms with Gasteiger partial charge in [0.05, 0.1) is 53.4 Å². The summed E-state index contributed by atoms with van der Waals surface area (Å²) in [5.41, 5.74) is -5.27. The van der Waals surface area contributed by atoms with Crippen LogP contribution in [0.2, 0.25) is 0 Å². The Hall–Kier alpha value is -1.50. The van der Waals surface area contributed by atoms with Gasteiger partial charge in [0.15, 0.2) is 12.6 Å². The van der Waals surface area contributed by atoms with E-state index >= 15 is 0 Å². The van der Waals surface area contributed by atoms with Crippen molar-refractivity contribution in [1.82, 2.24) is 4.90 Å². The minimum absolute atomic E-state index is 0.0866. The molecule has 7 N–H and O–H groups in total. The zero-order valence-electron chi connectivity index (χ0n) is 32.5. The number of likely N-dealkylation sites (N-methyl/N-ethyl adjacent to an activating group) is 1. The van der Waals surface area contributed by atoms with Crippen molar-refractivity contribution in [2.45, 2.75) is 179 Å². The van der Waals surface area contributed by atoms with E-state index in [0.717, 1.165) is 0 Å². The predicted molar refractivity (Wildman–Crippen MR) is 186 cm³/mol. The molecule has 3 fully saturated rings. The third-order valence-corrected chi connectivity index (χ3v) is 11.5. The lowest BCUT2D eigenvalue weighted by Gasteiger charge is -2.48. The molecule has 0 spiro atoms. The number of aliphatic hydroxyl groups is 6. The molecule has 3 saturated heterocycles. The van der Waals surface area contributed by atoms with E-state index in [9.17, 15) is 40.6 Å². The van der Waals surface area contributed by atoms with E-state index < -0.39 is 102 Å². The quantitative estimate of drug-likeness (QED) is 0.117. The number of aliphatic hydroxyl groups excluding tert-OH is 3. The van der Waals surface area contributed by atoms with Crippen molar-refractivity contribution in [3.05, 3.63) is 0 Å². The third kappa shape index (κ3) is 9.60. The van der Waals surface area contributed by atoms with Crippen LogP contribution in [0.4, 0.5) is 0 Å². The van der Waals surface area contributed by atoms with Crippen LogP contribution in [0, 0.1) is 23.7 Å². The topological polar surface area (TPSA) is 220 Å². The molecule has 51 heavy (non-hydrogen) atoms. The molecule has 3 rings (SSSR count). The molecule has 0 bridgehead atoms. The Balaban J connectivity index is 2.20. The summed E-state index contributed by atoms with van der Waals surface area (Å²) in [7, 11) is 3.68. The lowest BCUT2D eigenvalue weighted by atomic mass is 9.73. The number of rotatable bonds is 6. The van der Waals surface area contributed by atoms with Crippen molar-refractivity contribution in [2.24, 2.45) is 28.8 Å². The zero-order valence-corrected chi connectivity index (χ0v) is 32.5. The van der Waals surface area contributed by atoms with Crippen LogP contribution in [-0.2, 0) is 28.5 Å². The van der Waals surface area contributed by atoms with Gasteiger partial charge in [-0.05, 0) is 74.9 Å². The van der Waals surface area contributed by atoms with Crippen molar-refractivity contribution in [1.29, 1.82) is 0 Å². The van der Waals surface area contributed by atoms with Crippen LogP contribution in [0.3, 0.4) is 0 Å². The van der Waals surface area contributed by atoms with Gasteiger partial charge in [0.25, 0.3) is 0 Å². The minimum atomic E-state index is -1.98. The van der Waals surface area contributed by atoms with E-state index in [1.165, 1.54) is 20.8 Å². The number of nitrogens with zero attached hydrogens (tertiary/aromatic N) is 2. The fourth-order valence-electron chi connectivity index (χ4n) is 8.42. The number of hydrogen-bond donors (Lipinski definition) is 7. The summed E-state index contributed by atoms with van der Waals surface area (Å²) in [6.45, 7) is 16.1. The van der Waals surface area contributed by atoms with Crippen molar-refractivity contribution in [3.8, 4) is 0 Å². The van der Waals surface area contributed by atoms with Gasteiger partial charge in [-0.2, -0.15) is 0 Å². The zero-order chi connectivity index (χ0) is 39.0. The fourth-order valence-corrected chi connectivity index (χ4v) is 8.42. The molecule has 0 saturated carbocycles. The summed E-state index contributed by atoms with van der Waals surface area (Å²) in [6.07, 6.45) is -10.5. The molecule has 3 aliphatic rings. The van der Waals surface area contributed by atoms with Crippen LogP contribution in [0.15, 0.2) is 5.16 Å². The first-order valence-electron chi connectivity index (χ1n) is 18.3. The molecule has 3 unspecified atom stereocenters. The highest BCUT2D eigenvalue weighted by molar-refractivity contribution is 5.88. The van der Waals surface area contributed by atoms with E-state index in [1.54, 1.807) is 41.5 Å². The highest BCUT2D eigenvalue weighted by Crippen LogP contribution is 2.40. The maximum absolute atomic E-state index is 14.1. The van der Waals surface area contributed by atoms with Crippen LogP contribution < -0.4 is 0 Å². The highest BCUT2D eigenvalue weighted by atomic mass is 16.7. The van der Waals surface area contributed by atoms with Gasteiger partial charge in [0, 0.05) is 30.2 Å². The summed E-state index contributed by atoms with van der Waals surface area (Å²) >= 11 is 0. The van der Waals surface area contributed by atoms with Crippen LogP contribution >= 0.6 is 0 Å². The Kier molecular flexibility index (Phi) is 14.5. The van der Waals surface area contributed by atoms with E-state index in [1.807, 2.05) is 25.9 Å². The fraction of sp³-hybridized carbons (Fsp3) is 0.944. The van der Waals surface area contributed by atoms with Gasteiger partial charge in [0.1, 0.15) is 23.9 Å². The first-order chi connectivity index (χ1) is 23.4. The summed E-state index contributed by atoms with van der Waals surface area (Å²) in [5.74, 6) is -4.38. The van der Waals surface area contributed by atoms with Crippen molar-refractivity contribution >= 4 is 11.7 Å². The Morgan fingerprint density at radius 3 is 2.02 bits per heavy atom. The molecule has 0 aromatic rings. The SMILES string of the molecule is CC[C@H]1OC(=O)[C@H](C)[C@@H](O[C@H]2C[C@](C)(O)[C@@H](O)C(C)O2)[C@H](C)[C@@H](O[C@@H]2OC(C)C[C@@H](N(C)C)C2O)[C@](C)(O)C[C@@H](C)/C(=N\O)[C@H](C)[C@@H](O)[C@]1(C)O. The van der Waals surface area contributed by atoms with Gasteiger partial charge in [-0.15, -0.1) is 0 Å². The minimum Gasteiger partial charge on any atom is -0.459 e. The second kappa shape index (κ2) is 16.9. The van der Waals surface area contributed by atoms with E-state index in [-0.39, 0.29) is 37.1 Å². The average molecular weight is 735 g/mol. The smallest absolute Gasteiger partial charge is 0.311 e. The lowest BCUT2D eigenvalue weighted by Crippen LogP contribution is -2.61. The number of oxime groups is 1. The van der Waals surface area contributed by atoms with Crippen molar-refractivity contribution in [2.75, 3.05) is 14.1 Å². The van der Waals surface area contributed by atoms with Gasteiger partial charge < -0.3 is 64.4 Å². The Morgan fingerprint density at radius 1 is 0.882 bits per heavy atom. The average Bonchev–Trinajstić information content (AvgIpc) is 3.02. The van der Waals surface area contributed by atoms with Gasteiger partial charge in [-0.3, -0.25) is 4.79 Å². The summed E-state index contributed by atoms with van der Waals surface area (Å²) in [4.78, 5) is 15.9.